The van der Waals surface area contributed by atoms with Gasteiger partial charge in [-0.25, -0.2) is 16.8 Å². The largest absolute Gasteiger partial charge is 0.224 e. The van der Waals surface area contributed by atoms with Crippen LogP contribution < -0.4 is 0 Å². The third kappa shape index (κ3) is 5.81. The van der Waals surface area contributed by atoms with Crippen LogP contribution in [0.25, 0.3) is 9.40 Å². The number of hydrogen-bond donors (Lipinski definition) is 0. The Morgan fingerprint density at radius 3 is 1.32 bits per heavy atom. The molecule has 160 valence electrons. The molecule has 0 N–H and O–H groups in total. The van der Waals surface area contributed by atoms with Crippen molar-refractivity contribution in [2.45, 2.75) is 75.0 Å². The number of halogens is 2. The summed E-state index contributed by atoms with van der Waals surface area (Å²) in [5.41, 5.74) is 0. The second kappa shape index (κ2) is 10.7. The van der Waals surface area contributed by atoms with Crippen LogP contribution in [0.1, 0.15) is 65.2 Å². The van der Waals surface area contributed by atoms with Gasteiger partial charge in [0.1, 0.15) is 9.79 Å². The Labute approximate surface area is 193 Å². The third-order valence-electron chi connectivity index (χ3n) is 4.51. The van der Waals surface area contributed by atoms with Crippen molar-refractivity contribution >= 4 is 83.6 Å². The monoisotopic (exact) mass is 592 g/mol. The Kier molecular flexibility index (Phi) is 9.48. The molecule has 2 rings (SSSR count). The molecule has 0 aliphatic carbocycles. The van der Waals surface area contributed by atoms with Gasteiger partial charge >= 0.3 is 0 Å². The molecule has 0 unspecified atom stereocenters. The Bertz CT molecular complexity index is 922. The van der Waals surface area contributed by atoms with Gasteiger partial charge in [0.15, 0.2) is 19.7 Å². The van der Waals surface area contributed by atoms with Gasteiger partial charge in [-0.3, -0.25) is 0 Å². The Balaban J connectivity index is 2.38. The number of unbranched alkanes of at least 4 members (excludes halogenated alkanes) is 6. The Morgan fingerprint density at radius 2 is 1.00 bits per heavy atom. The van der Waals surface area contributed by atoms with E-state index in [1.54, 1.807) is 0 Å². The molecule has 0 fully saturated rings. The van der Waals surface area contributed by atoms with Crippen molar-refractivity contribution < 1.29 is 16.8 Å². The van der Waals surface area contributed by atoms with E-state index in [0.29, 0.717) is 29.8 Å². The van der Waals surface area contributed by atoms with Gasteiger partial charge in [-0.05, 0) is 44.7 Å². The van der Waals surface area contributed by atoms with Gasteiger partial charge in [-0.1, -0.05) is 52.4 Å². The predicted octanol–water partition coefficient (Wildman–Crippen LogP) is 7.20. The Morgan fingerprint density at radius 1 is 0.643 bits per heavy atom. The molecule has 10 heteroatoms. The van der Waals surface area contributed by atoms with Crippen LogP contribution >= 0.6 is 54.5 Å². The van der Waals surface area contributed by atoms with Gasteiger partial charge in [0.25, 0.3) is 0 Å². The van der Waals surface area contributed by atoms with Crippen LogP contribution in [0.4, 0.5) is 0 Å². The van der Waals surface area contributed by atoms with Crippen LogP contribution in [0.2, 0.25) is 0 Å². The normalized spacial score (nSPS) is 12.9. The van der Waals surface area contributed by atoms with Crippen molar-refractivity contribution in [2.24, 2.45) is 0 Å². The molecule has 0 bridgehead atoms. The Hall–Kier alpha value is 0.520. The number of thiophene rings is 2. The van der Waals surface area contributed by atoms with E-state index in [1.807, 2.05) is 0 Å². The second-order valence-corrected chi connectivity index (χ2v) is 15.6. The zero-order valence-corrected chi connectivity index (χ0v) is 22.5. The van der Waals surface area contributed by atoms with E-state index in [9.17, 15) is 16.8 Å². The average Bonchev–Trinajstić information content (AvgIpc) is 3.08. The molecule has 2 heterocycles. The van der Waals surface area contributed by atoms with Gasteiger partial charge in [-0.2, -0.15) is 0 Å². The van der Waals surface area contributed by atoms with Crippen LogP contribution in [0, 0.1) is 0 Å². The van der Waals surface area contributed by atoms with E-state index in [-0.39, 0.29) is 21.3 Å². The van der Waals surface area contributed by atoms with E-state index >= 15 is 0 Å². The molecule has 0 spiro atoms. The number of fused-ring (bicyclic) bond motifs is 1. The smallest absolute Gasteiger partial charge is 0.181 e. The van der Waals surface area contributed by atoms with Crippen molar-refractivity contribution in [2.75, 3.05) is 11.5 Å². The molecule has 0 aliphatic heterocycles. The summed E-state index contributed by atoms with van der Waals surface area (Å²) in [6.07, 6.45) is 7.12. The summed E-state index contributed by atoms with van der Waals surface area (Å²) >= 11 is 9.18. The first kappa shape index (κ1) is 24.8. The quantitative estimate of drug-likeness (QED) is 0.244. The van der Waals surface area contributed by atoms with E-state index in [0.717, 1.165) is 38.5 Å². The first-order valence-corrected chi connectivity index (χ1v) is 16.0. The van der Waals surface area contributed by atoms with Gasteiger partial charge in [-0.15, -0.1) is 22.7 Å². The summed E-state index contributed by atoms with van der Waals surface area (Å²) in [6, 6.07) is 0. The third-order valence-corrected chi connectivity index (χ3v) is 13.2. The fourth-order valence-electron chi connectivity index (χ4n) is 3.01. The standard InChI is InChI=1S/C18H26Br2O4S4/c1-3-5-7-9-11-27(21,22)15-13-14(26-17(15)19)16(18(20)25-13)28(23,24)12-10-8-6-4-2/h3-12H2,1-2H3. The molecule has 0 saturated carbocycles. The van der Waals surface area contributed by atoms with Gasteiger partial charge in [0.2, 0.25) is 0 Å². The maximum atomic E-state index is 12.9. The minimum atomic E-state index is -3.47. The van der Waals surface area contributed by atoms with E-state index in [1.165, 1.54) is 22.7 Å². The molecule has 0 amide bonds. The first-order valence-electron chi connectivity index (χ1n) is 9.51. The van der Waals surface area contributed by atoms with Gasteiger partial charge < -0.3 is 0 Å². The topological polar surface area (TPSA) is 68.3 Å². The molecular weight excluding hydrogens is 568 g/mol. The maximum absolute atomic E-state index is 12.9. The minimum Gasteiger partial charge on any atom is -0.224 e. The molecule has 0 aromatic carbocycles. The summed E-state index contributed by atoms with van der Waals surface area (Å²) < 4.78 is 53.8. The molecule has 2 aromatic heterocycles. The van der Waals surface area contributed by atoms with Crippen LogP contribution in [-0.2, 0) is 19.7 Å². The molecule has 28 heavy (non-hydrogen) atoms. The fourth-order valence-corrected chi connectivity index (χ4v) is 13.0. The zero-order valence-electron chi connectivity index (χ0n) is 16.1. The van der Waals surface area contributed by atoms with Crippen molar-refractivity contribution in [1.29, 1.82) is 0 Å². The number of rotatable bonds is 12. The summed E-state index contributed by atoms with van der Waals surface area (Å²) in [6.45, 7) is 4.17. The lowest BCUT2D eigenvalue weighted by Crippen LogP contribution is -2.07. The van der Waals surface area contributed by atoms with Gasteiger partial charge in [0.05, 0.1) is 28.5 Å². The van der Waals surface area contributed by atoms with Crippen LogP contribution in [0.5, 0.6) is 0 Å². The summed E-state index contributed by atoms with van der Waals surface area (Å²) in [5.74, 6) is 0.179. The highest BCUT2D eigenvalue weighted by atomic mass is 79.9. The lowest BCUT2D eigenvalue weighted by molar-refractivity contribution is 0.588. The highest BCUT2D eigenvalue weighted by Crippen LogP contribution is 2.49. The molecular formula is C18H26Br2O4S4. The van der Waals surface area contributed by atoms with Crippen LogP contribution in [0.15, 0.2) is 17.4 Å². The lowest BCUT2D eigenvalue weighted by atomic mass is 10.2. The van der Waals surface area contributed by atoms with E-state index in [2.05, 4.69) is 45.7 Å². The fraction of sp³-hybridized carbons (Fsp3) is 0.667. The minimum absolute atomic E-state index is 0.0893. The predicted molar refractivity (Wildman–Crippen MR) is 127 cm³/mol. The summed E-state index contributed by atoms with van der Waals surface area (Å²) in [7, 11) is -6.94. The van der Waals surface area contributed by atoms with Crippen molar-refractivity contribution in [1.82, 2.24) is 0 Å². The summed E-state index contributed by atoms with van der Waals surface area (Å²) in [4.78, 5) is 0.504. The average molecular weight is 594 g/mol. The van der Waals surface area contributed by atoms with E-state index in [4.69, 9.17) is 0 Å². The number of hydrogen-bond acceptors (Lipinski definition) is 6. The van der Waals surface area contributed by atoms with E-state index < -0.39 is 19.7 Å². The molecule has 0 atom stereocenters. The lowest BCUT2D eigenvalue weighted by Gasteiger charge is -2.03. The highest BCUT2D eigenvalue weighted by molar-refractivity contribution is 9.11. The molecule has 0 radical (unpaired) electrons. The maximum Gasteiger partial charge on any atom is 0.181 e. The van der Waals surface area contributed by atoms with Crippen molar-refractivity contribution in [3.8, 4) is 0 Å². The van der Waals surface area contributed by atoms with Crippen molar-refractivity contribution in [3.05, 3.63) is 7.57 Å². The number of sulfone groups is 2. The SMILES string of the molecule is CCCCCCS(=O)(=O)c1c(Br)sc2c(S(=O)(=O)CCCCCC)c(Br)sc12. The molecule has 4 nitrogen and oxygen atoms in total. The molecule has 0 saturated heterocycles. The molecule has 0 aliphatic rings. The van der Waals surface area contributed by atoms with Crippen LogP contribution in [0.3, 0.4) is 0 Å². The molecule has 2 aromatic rings. The highest BCUT2D eigenvalue weighted by Gasteiger charge is 2.31. The first-order chi connectivity index (χ1) is 13.2. The van der Waals surface area contributed by atoms with Crippen molar-refractivity contribution in [3.63, 3.8) is 0 Å². The second-order valence-electron chi connectivity index (χ2n) is 6.83. The summed E-state index contributed by atoms with van der Waals surface area (Å²) in [5, 5.41) is 0. The van der Waals surface area contributed by atoms with Gasteiger partial charge in [0, 0.05) is 0 Å². The van der Waals surface area contributed by atoms with Crippen LogP contribution in [-0.4, -0.2) is 28.3 Å². The zero-order chi connectivity index (χ0) is 20.9.